The highest BCUT2D eigenvalue weighted by Crippen LogP contribution is 2.39. The number of aromatic nitrogens is 4. The Morgan fingerprint density at radius 3 is 1.67 bits per heavy atom. The summed E-state index contributed by atoms with van der Waals surface area (Å²) in [5, 5.41) is 6.82. The molecule has 0 N–H and O–H groups in total. The molecule has 0 radical (unpaired) electrons. The number of rotatable bonds is 8. The Bertz CT molecular complexity index is 2540. The number of hydrogen-bond donors (Lipinski definition) is 0. The van der Waals surface area contributed by atoms with Crippen molar-refractivity contribution >= 4 is 33.0 Å². The van der Waals surface area contributed by atoms with E-state index in [1.54, 1.807) is 6.07 Å². The number of fused-ring (bicyclic) bond motifs is 4. The minimum Gasteiger partial charge on any atom is -0.275 e. The highest BCUT2D eigenvalue weighted by molar-refractivity contribution is 6.08. The summed E-state index contributed by atoms with van der Waals surface area (Å²) in [4.78, 5) is 5.10. The molecule has 0 aliphatic heterocycles. The first-order chi connectivity index (χ1) is 25.6. The highest BCUT2D eigenvalue weighted by Gasteiger charge is 2.32. The molecule has 0 atom stereocenters. The summed E-state index contributed by atoms with van der Waals surface area (Å²) in [5.41, 5.74) is 11.0. The van der Waals surface area contributed by atoms with E-state index < -0.39 is 11.7 Å². The Morgan fingerprint density at radius 1 is 0.537 bits per heavy atom. The lowest BCUT2D eigenvalue weighted by atomic mass is 9.87. The largest absolute Gasteiger partial charge is 0.416 e. The summed E-state index contributed by atoms with van der Waals surface area (Å²) in [7, 11) is 0. The Balaban J connectivity index is 1.78. The molecule has 54 heavy (non-hydrogen) atoms. The third kappa shape index (κ3) is 6.23. The second-order valence-electron chi connectivity index (χ2n) is 16.1. The Kier molecular flexibility index (Phi) is 9.61. The van der Waals surface area contributed by atoms with Crippen molar-refractivity contribution in [1.29, 1.82) is 0 Å². The van der Waals surface area contributed by atoms with Crippen LogP contribution in [0.4, 0.5) is 13.2 Å². The fraction of sp³-hybridized carbons (Fsp3) is 0.348. The van der Waals surface area contributed by atoms with E-state index in [1.807, 2.05) is 41.2 Å². The first kappa shape index (κ1) is 37.2. The molecular formula is C46H50F3N5. The van der Waals surface area contributed by atoms with Crippen LogP contribution in [0, 0.1) is 0 Å². The van der Waals surface area contributed by atoms with Crippen molar-refractivity contribution in [1.82, 2.24) is 18.8 Å². The van der Waals surface area contributed by atoms with E-state index in [0.29, 0.717) is 33.3 Å². The van der Waals surface area contributed by atoms with Crippen LogP contribution in [0.2, 0.25) is 0 Å². The zero-order valence-corrected chi connectivity index (χ0v) is 32.9. The minimum absolute atomic E-state index is 0.176. The molecule has 3 aromatic heterocycles. The maximum Gasteiger partial charge on any atom is 0.416 e. The Morgan fingerprint density at radius 2 is 1.09 bits per heavy atom. The van der Waals surface area contributed by atoms with E-state index in [9.17, 15) is 13.2 Å². The number of hydrogen-bond acceptors (Lipinski definition) is 2. The summed E-state index contributed by atoms with van der Waals surface area (Å²) < 4.78 is 48.6. The number of benzene rings is 4. The summed E-state index contributed by atoms with van der Waals surface area (Å²) in [5.74, 6) is 1.04. The van der Waals surface area contributed by atoms with Crippen LogP contribution in [-0.2, 0) is 6.18 Å². The molecule has 3 heterocycles. The van der Waals surface area contributed by atoms with Gasteiger partial charge >= 0.3 is 6.18 Å². The van der Waals surface area contributed by atoms with Gasteiger partial charge in [0, 0.05) is 17.0 Å². The molecule has 0 bridgehead atoms. The quantitative estimate of drug-likeness (QED) is 0.153. The van der Waals surface area contributed by atoms with E-state index in [2.05, 4.69) is 115 Å². The average Bonchev–Trinajstić information content (AvgIpc) is 3.61. The topological polar surface area (TPSA) is 40.0 Å². The van der Waals surface area contributed by atoms with Gasteiger partial charge in [0.2, 0.25) is 5.62 Å². The summed E-state index contributed by atoms with van der Waals surface area (Å²) in [6, 6.07) is 26.8. The van der Waals surface area contributed by atoms with E-state index >= 15 is 0 Å². The summed E-state index contributed by atoms with van der Waals surface area (Å²) in [6.07, 6.45) is -2.65. The van der Waals surface area contributed by atoms with Crippen LogP contribution < -0.4 is 5.62 Å². The van der Waals surface area contributed by atoms with Crippen molar-refractivity contribution in [2.45, 2.75) is 105 Å². The first-order valence-corrected chi connectivity index (χ1v) is 19.1. The fourth-order valence-electron chi connectivity index (χ4n) is 7.83. The number of alkyl halides is 3. The lowest BCUT2D eigenvalue weighted by molar-refractivity contribution is -0.137. The molecule has 4 aromatic carbocycles. The van der Waals surface area contributed by atoms with Gasteiger partial charge in [-0.1, -0.05) is 118 Å². The molecular weight excluding hydrogens is 680 g/mol. The number of pyridine rings is 1. The maximum atomic E-state index is 14.1. The SMILES string of the molecule is CC(C)c1cc(C(C)C)c(-n2/c(=N\n3c4ccccc4c4cc(C(F)(F)F)ccc43)n(-c3c(C(C)C)cccc3C(C)C)c3ncccc32)c(C(C)C)c1. The number of nitrogens with zero attached hydrogens (tertiary/aromatic N) is 5. The number of para-hydroxylation sites is 2. The molecule has 7 aromatic rings. The van der Waals surface area contributed by atoms with Crippen molar-refractivity contribution in [3.05, 3.63) is 130 Å². The fourth-order valence-corrected chi connectivity index (χ4v) is 7.83. The van der Waals surface area contributed by atoms with Crippen LogP contribution in [0.5, 0.6) is 0 Å². The molecule has 0 unspecified atom stereocenters. The smallest absolute Gasteiger partial charge is 0.275 e. The third-order valence-corrected chi connectivity index (χ3v) is 10.7. The predicted molar refractivity (Wildman–Crippen MR) is 216 cm³/mol. The van der Waals surface area contributed by atoms with Crippen molar-refractivity contribution in [3.63, 3.8) is 0 Å². The van der Waals surface area contributed by atoms with Gasteiger partial charge < -0.3 is 0 Å². The second-order valence-corrected chi connectivity index (χ2v) is 16.1. The van der Waals surface area contributed by atoms with Crippen LogP contribution in [-0.4, -0.2) is 18.8 Å². The molecule has 7 rings (SSSR count). The Hall–Kier alpha value is -5.11. The number of halogens is 3. The van der Waals surface area contributed by atoms with E-state index in [4.69, 9.17) is 10.1 Å². The molecule has 280 valence electrons. The van der Waals surface area contributed by atoms with E-state index in [-0.39, 0.29) is 23.7 Å². The van der Waals surface area contributed by atoms with Gasteiger partial charge in [0.15, 0.2) is 5.65 Å². The van der Waals surface area contributed by atoms with Gasteiger partial charge in [-0.15, -0.1) is 5.10 Å². The van der Waals surface area contributed by atoms with E-state index in [1.165, 1.54) is 22.8 Å². The molecule has 8 heteroatoms. The molecule has 0 saturated heterocycles. The lowest BCUT2D eigenvalue weighted by Gasteiger charge is -2.24. The normalized spacial score (nSPS) is 13.1. The molecule has 0 aliphatic rings. The van der Waals surface area contributed by atoms with Gasteiger partial charge in [-0.25, -0.2) is 9.66 Å². The van der Waals surface area contributed by atoms with Gasteiger partial charge in [-0.2, -0.15) is 13.2 Å². The van der Waals surface area contributed by atoms with Crippen LogP contribution >= 0.6 is 0 Å². The zero-order valence-electron chi connectivity index (χ0n) is 32.9. The first-order valence-electron chi connectivity index (χ1n) is 19.1. The van der Waals surface area contributed by atoms with Gasteiger partial charge in [0.25, 0.3) is 0 Å². The monoisotopic (exact) mass is 729 g/mol. The average molecular weight is 730 g/mol. The van der Waals surface area contributed by atoms with Crippen LogP contribution in [0.1, 0.15) is 132 Å². The minimum atomic E-state index is -4.48. The lowest BCUT2D eigenvalue weighted by Crippen LogP contribution is -2.29. The molecule has 0 aliphatic carbocycles. The molecule has 0 amide bonds. The van der Waals surface area contributed by atoms with Gasteiger partial charge in [0.05, 0.1) is 33.5 Å². The van der Waals surface area contributed by atoms with E-state index in [0.717, 1.165) is 39.7 Å². The van der Waals surface area contributed by atoms with Crippen molar-refractivity contribution in [3.8, 4) is 11.4 Å². The van der Waals surface area contributed by atoms with Gasteiger partial charge in [-0.05, 0) is 93.8 Å². The molecule has 5 nitrogen and oxygen atoms in total. The van der Waals surface area contributed by atoms with Crippen LogP contribution in [0.25, 0.3) is 44.3 Å². The van der Waals surface area contributed by atoms with Crippen molar-refractivity contribution in [2.24, 2.45) is 5.10 Å². The highest BCUT2D eigenvalue weighted by atomic mass is 19.4. The standard InChI is InChI=1S/C46H50F3N5/c1-26(2)31-23-36(29(7)8)43(37(24-31)30(9)10)52-41-19-14-22-50-44(41)53(42-33(27(3)4)16-13-17-34(42)28(5)6)45(52)51-54-39-18-12-11-15-35(39)38-25-32(46(47,48)49)20-21-40(38)54/h11-30H,1-10H3/b51-45+. The van der Waals surface area contributed by atoms with Crippen molar-refractivity contribution < 1.29 is 13.2 Å². The van der Waals surface area contributed by atoms with Gasteiger partial charge in [-0.3, -0.25) is 9.13 Å². The van der Waals surface area contributed by atoms with Crippen LogP contribution in [0.15, 0.2) is 96.2 Å². The third-order valence-electron chi connectivity index (χ3n) is 10.7. The second kappa shape index (κ2) is 13.9. The predicted octanol–water partition coefficient (Wildman–Crippen LogP) is 12.9. The zero-order chi connectivity index (χ0) is 38.8. The maximum absolute atomic E-state index is 14.1. The van der Waals surface area contributed by atoms with Crippen molar-refractivity contribution in [2.75, 3.05) is 0 Å². The number of imidazole rings is 1. The summed E-state index contributed by atoms with van der Waals surface area (Å²) >= 11 is 0. The van der Waals surface area contributed by atoms with Gasteiger partial charge in [0.1, 0.15) is 0 Å². The van der Waals surface area contributed by atoms with Crippen LogP contribution in [0.3, 0.4) is 0 Å². The summed E-state index contributed by atoms with van der Waals surface area (Å²) in [6.45, 7) is 22.2. The Labute approximate surface area is 315 Å². The molecule has 0 spiro atoms. The molecule has 0 fully saturated rings. The molecule has 0 saturated carbocycles.